The van der Waals surface area contributed by atoms with Crippen molar-refractivity contribution in [3.05, 3.63) is 36.4 Å². The second-order valence-electron chi connectivity index (χ2n) is 5.89. The van der Waals surface area contributed by atoms with Gasteiger partial charge in [-0.3, -0.25) is 0 Å². The molecular weight excluding hydrogens is 328 g/mol. The Kier molecular flexibility index (Phi) is 5.63. The van der Waals surface area contributed by atoms with Crippen molar-refractivity contribution in [2.24, 2.45) is 0 Å². The van der Waals surface area contributed by atoms with Crippen LogP contribution in [-0.2, 0) is 4.74 Å². The van der Waals surface area contributed by atoms with Crippen LogP contribution in [0.5, 0.6) is 5.75 Å². The Hall–Kier alpha value is -1.31. The topological polar surface area (TPSA) is 79.2 Å². The summed E-state index contributed by atoms with van der Waals surface area (Å²) in [6.45, 7) is 2.08. The van der Waals surface area contributed by atoms with Gasteiger partial charge in [0.25, 0.3) is 0 Å². The molecule has 1 fully saturated rings. The van der Waals surface area contributed by atoms with Gasteiger partial charge in [0.15, 0.2) is 0 Å². The summed E-state index contributed by atoms with van der Waals surface area (Å²) in [5, 5.41) is 31.3. The van der Waals surface area contributed by atoms with Gasteiger partial charge in [-0.1, -0.05) is 19.1 Å². The minimum atomic E-state index is -1.30. The smallest absolute Gasteiger partial charge is 0.228 e. The Morgan fingerprint density at radius 3 is 2.67 bits per heavy atom. The minimum absolute atomic E-state index is 0.0751. The third-order valence-corrected chi connectivity index (χ3v) is 5.16. The molecule has 5 nitrogen and oxygen atoms in total. The van der Waals surface area contributed by atoms with Gasteiger partial charge in [0.05, 0.1) is 6.61 Å². The van der Waals surface area contributed by atoms with Crippen LogP contribution in [0.1, 0.15) is 13.3 Å². The molecule has 1 aliphatic rings. The van der Waals surface area contributed by atoms with Gasteiger partial charge in [-0.05, 0) is 47.2 Å². The molecule has 0 spiro atoms. The molecule has 2 aromatic rings. The lowest BCUT2D eigenvalue weighted by atomic mass is 10.1. The summed E-state index contributed by atoms with van der Waals surface area (Å²) in [5.74, 6) is 1.62. The van der Waals surface area contributed by atoms with E-state index in [1.54, 1.807) is 6.07 Å². The van der Waals surface area contributed by atoms with Crippen LogP contribution in [0.15, 0.2) is 41.3 Å². The third kappa shape index (κ3) is 3.84. The summed E-state index contributed by atoms with van der Waals surface area (Å²) < 4.78 is 10.9. The van der Waals surface area contributed by atoms with Crippen molar-refractivity contribution in [3.63, 3.8) is 0 Å². The highest BCUT2D eigenvalue weighted by Gasteiger charge is 2.38. The van der Waals surface area contributed by atoms with Gasteiger partial charge in [0.2, 0.25) is 6.29 Å². The zero-order valence-electron chi connectivity index (χ0n) is 13.5. The Labute approximate surface area is 145 Å². The largest absolute Gasteiger partial charge is 0.462 e. The Balaban J connectivity index is 1.77. The highest BCUT2D eigenvalue weighted by atomic mass is 32.2. The van der Waals surface area contributed by atoms with E-state index >= 15 is 0 Å². The number of benzene rings is 2. The zero-order chi connectivity index (χ0) is 17.1. The standard InChI is InChI=1S/C18H22O5S/c1-2-7-24-14-6-4-11-3-5-13(8-12(11)9-14)23-18-17(21)16(20)15(19)10-22-18/h3-6,8-9,15-21H,2,7,10H2,1H3/t15-,16+,17-,18+/m1/s1. The number of hydrogen-bond acceptors (Lipinski definition) is 6. The third-order valence-electron chi connectivity index (χ3n) is 3.96. The maximum Gasteiger partial charge on any atom is 0.228 e. The number of aliphatic hydroxyl groups excluding tert-OH is 3. The fourth-order valence-electron chi connectivity index (χ4n) is 2.60. The molecule has 130 valence electrons. The first-order chi connectivity index (χ1) is 11.6. The first-order valence-corrected chi connectivity index (χ1v) is 9.06. The van der Waals surface area contributed by atoms with E-state index < -0.39 is 24.6 Å². The van der Waals surface area contributed by atoms with Crippen LogP contribution in [0.25, 0.3) is 10.8 Å². The Morgan fingerprint density at radius 1 is 1.08 bits per heavy atom. The number of ether oxygens (including phenoxy) is 2. The molecule has 3 N–H and O–H groups in total. The summed E-state index contributed by atoms with van der Waals surface area (Å²) in [6.07, 6.45) is -3.55. The second kappa shape index (κ2) is 7.72. The van der Waals surface area contributed by atoms with Crippen molar-refractivity contribution in [2.75, 3.05) is 12.4 Å². The van der Waals surface area contributed by atoms with Crippen LogP contribution in [0, 0.1) is 0 Å². The molecule has 4 atom stereocenters. The van der Waals surface area contributed by atoms with Crippen molar-refractivity contribution in [1.29, 1.82) is 0 Å². The van der Waals surface area contributed by atoms with Crippen LogP contribution in [0.4, 0.5) is 0 Å². The average molecular weight is 350 g/mol. The van der Waals surface area contributed by atoms with Gasteiger partial charge >= 0.3 is 0 Å². The van der Waals surface area contributed by atoms with Gasteiger partial charge < -0.3 is 24.8 Å². The molecule has 3 rings (SSSR count). The molecule has 0 amide bonds. The summed E-state index contributed by atoms with van der Waals surface area (Å²) in [6, 6.07) is 11.9. The number of thioether (sulfide) groups is 1. The van der Waals surface area contributed by atoms with E-state index in [4.69, 9.17) is 9.47 Å². The lowest BCUT2D eigenvalue weighted by Crippen LogP contribution is -2.54. The predicted molar refractivity (Wildman–Crippen MR) is 93.4 cm³/mol. The van der Waals surface area contributed by atoms with Crippen LogP contribution in [0.2, 0.25) is 0 Å². The van der Waals surface area contributed by atoms with E-state index in [-0.39, 0.29) is 6.61 Å². The van der Waals surface area contributed by atoms with E-state index in [2.05, 4.69) is 25.1 Å². The summed E-state index contributed by atoms with van der Waals surface area (Å²) >= 11 is 1.81. The van der Waals surface area contributed by atoms with E-state index in [1.807, 2.05) is 23.9 Å². The zero-order valence-corrected chi connectivity index (χ0v) is 14.3. The first kappa shape index (κ1) is 17.5. The number of aliphatic hydroxyl groups is 3. The molecule has 0 unspecified atom stereocenters. The van der Waals surface area contributed by atoms with Crippen molar-refractivity contribution in [1.82, 2.24) is 0 Å². The summed E-state index contributed by atoms with van der Waals surface area (Å²) in [7, 11) is 0. The molecule has 0 bridgehead atoms. The van der Waals surface area contributed by atoms with E-state index in [9.17, 15) is 15.3 Å². The molecular formula is C18H22O5S. The lowest BCUT2D eigenvalue weighted by molar-refractivity contribution is -0.242. The fraction of sp³-hybridized carbons (Fsp3) is 0.444. The molecule has 2 aromatic carbocycles. The van der Waals surface area contributed by atoms with Crippen molar-refractivity contribution in [3.8, 4) is 5.75 Å². The number of hydrogen-bond donors (Lipinski definition) is 3. The van der Waals surface area contributed by atoms with Gasteiger partial charge in [0.1, 0.15) is 24.1 Å². The van der Waals surface area contributed by atoms with Crippen LogP contribution in [-0.4, -0.2) is 52.3 Å². The van der Waals surface area contributed by atoms with Gasteiger partial charge in [-0.25, -0.2) is 0 Å². The molecule has 1 saturated heterocycles. The predicted octanol–water partition coefficient (Wildman–Crippen LogP) is 2.16. The Morgan fingerprint density at radius 2 is 1.88 bits per heavy atom. The molecule has 1 aliphatic heterocycles. The minimum Gasteiger partial charge on any atom is -0.462 e. The second-order valence-corrected chi connectivity index (χ2v) is 7.06. The molecule has 0 aliphatic carbocycles. The average Bonchev–Trinajstić information content (AvgIpc) is 2.60. The maximum atomic E-state index is 9.96. The van der Waals surface area contributed by atoms with Gasteiger partial charge in [-0.15, -0.1) is 11.8 Å². The number of rotatable bonds is 5. The highest BCUT2D eigenvalue weighted by molar-refractivity contribution is 7.99. The monoisotopic (exact) mass is 350 g/mol. The number of fused-ring (bicyclic) bond motifs is 1. The first-order valence-electron chi connectivity index (χ1n) is 8.07. The van der Waals surface area contributed by atoms with Gasteiger partial charge in [-0.2, -0.15) is 0 Å². The molecule has 0 radical (unpaired) electrons. The van der Waals surface area contributed by atoms with Crippen LogP contribution < -0.4 is 4.74 Å². The summed E-state index contributed by atoms with van der Waals surface area (Å²) in [4.78, 5) is 1.20. The van der Waals surface area contributed by atoms with E-state index in [1.165, 1.54) is 4.90 Å². The highest BCUT2D eigenvalue weighted by Crippen LogP contribution is 2.28. The molecule has 6 heteroatoms. The van der Waals surface area contributed by atoms with Crippen LogP contribution in [0.3, 0.4) is 0 Å². The van der Waals surface area contributed by atoms with Gasteiger partial charge in [0, 0.05) is 4.90 Å². The van der Waals surface area contributed by atoms with Crippen molar-refractivity contribution >= 4 is 22.5 Å². The summed E-state index contributed by atoms with van der Waals surface area (Å²) in [5.41, 5.74) is 0. The quantitative estimate of drug-likeness (QED) is 0.717. The normalized spacial score (nSPS) is 27.3. The van der Waals surface area contributed by atoms with Crippen molar-refractivity contribution in [2.45, 2.75) is 42.8 Å². The molecule has 1 heterocycles. The van der Waals surface area contributed by atoms with E-state index in [0.29, 0.717) is 5.75 Å². The fourth-order valence-corrected chi connectivity index (χ4v) is 3.42. The Bertz CT molecular complexity index is 692. The SMILES string of the molecule is CCCSc1ccc2ccc(O[C@@H]3OC[C@@H](O)[C@H](O)[C@H]3O)cc2c1. The molecule has 0 aromatic heterocycles. The van der Waals surface area contributed by atoms with Crippen molar-refractivity contribution < 1.29 is 24.8 Å². The van der Waals surface area contributed by atoms with Crippen LogP contribution >= 0.6 is 11.8 Å². The molecule has 0 saturated carbocycles. The van der Waals surface area contributed by atoms with E-state index in [0.717, 1.165) is 22.9 Å². The lowest BCUT2D eigenvalue weighted by Gasteiger charge is -2.34. The maximum absolute atomic E-state index is 9.96. The molecule has 24 heavy (non-hydrogen) atoms.